The van der Waals surface area contributed by atoms with E-state index in [-0.39, 0.29) is 11.9 Å². The molecule has 2 bridgehead atoms. The Kier molecular flexibility index (Phi) is 3.46. The van der Waals surface area contributed by atoms with Crippen molar-refractivity contribution in [1.82, 2.24) is 0 Å². The first kappa shape index (κ1) is 12.6. The zero-order valence-electron chi connectivity index (χ0n) is 10.3. The Morgan fingerprint density at radius 1 is 1.33 bits per heavy atom. The highest BCUT2D eigenvalue weighted by atomic mass is 79.9. The van der Waals surface area contributed by atoms with Crippen LogP contribution in [0.25, 0.3) is 0 Å². The summed E-state index contributed by atoms with van der Waals surface area (Å²) in [5.74, 6) is 1.73. The first-order valence-corrected chi connectivity index (χ1v) is 7.55. The average Bonchev–Trinajstić information content (AvgIpc) is 2.97. The number of rotatable bonds is 3. The molecule has 4 unspecified atom stereocenters. The van der Waals surface area contributed by atoms with E-state index in [4.69, 9.17) is 0 Å². The highest BCUT2D eigenvalue weighted by Gasteiger charge is 2.42. The quantitative estimate of drug-likeness (QED) is 0.896. The van der Waals surface area contributed by atoms with Crippen molar-refractivity contribution in [3.8, 4) is 0 Å². The van der Waals surface area contributed by atoms with Crippen LogP contribution in [0.15, 0.2) is 22.7 Å². The molecule has 2 fully saturated rings. The fraction of sp³-hybridized carbons (Fsp3) is 0.600. The Hall–Kier alpha value is -0.410. The van der Waals surface area contributed by atoms with Crippen LogP contribution in [0.4, 0.5) is 4.39 Å². The van der Waals surface area contributed by atoms with Crippen molar-refractivity contribution in [3.05, 3.63) is 34.1 Å². The summed E-state index contributed by atoms with van der Waals surface area (Å²) >= 11 is 3.27. The molecule has 18 heavy (non-hydrogen) atoms. The second-order valence-corrected chi connectivity index (χ2v) is 6.62. The summed E-state index contributed by atoms with van der Waals surface area (Å²) in [6.07, 6.45) is 5.32. The van der Waals surface area contributed by atoms with Gasteiger partial charge >= 0.3 is 0 Å². The lowest BCUT2D eigenvalue weighted by molar-refractivity contribution is 0.0749. The molecule has 0 aliphatic heterocycles. The van der Waals surface area contributed by atoms with E-state index in [0.717, 1.165) is 11.5 Å². The summed E-state index contributed by atoms with van der Waals surface area (Å²) in [5.41, 5.74) is 0.880. The fourth-order valence-corrected chi connectivity index (χ4v) is 4.27. The zero-order chi connectivity index (χ0) is 12.7. The third-order valence-electron chi connectivity index (χ3n) is 4.75. The molecule has 1 aromatic carbocycles. The van der Waals surface area contributed by atoms with E-state index in [1.165, 1.54) is 31.7 Å². The van der Waals surface area contributed by atoms with Gasteiger partial charge in [-0.1, -0.05) is 18.6 Å². The molecule has 0 heterocycles. The summed E-state index contributed by atoms with van der Waals surface area (Å²) in [4.78, 5) is 0. The minimum Gasteiger partial charge on any atom is -0.392 e. The average molecular weight is 313 g/mol. The second-order valence-electron chi connectivity index (χ2n) is 5.82. The minimum absolute atomic E-state index is 0.243. The van der Waals surface area contributed by atoms with E-state index in [2.05, 4.69) is 15.9 Å². The molecule has 0 radical (unpaired) electrons. The highest BCUT2D eigenvalue weighted by molar-refractivity contribution is 9.10. The van der Waals surface area contributed by atoms with E-state index in [9.17, 15) is 9.50 Å². The van der Waals surface area contributed by atoms with Crippen LogP contribution >= 0.6 is 15.9 Å². The monoisotopic (exact) mass is 312 g/mol. The van der Waals surface area contributed by atoms with Crippen LogP contribution in [0.3, 0.4) is 0 Å². The molecule has 2 aliphatic rings. The first-order valence-electron chi connectivity index (χ1n) is 6.76. The molecular weight excluding hydrogens is 295 g/mol. The Morgan fingerprint density at radius 3 is 2.83 bits per heavy atom. The van der Waals surface area contributed by atoms with Crippen molar-refractivity contribution in [2.75, 3.05) is 0 Å². The van der Waals surface area contributed by atoms with Crippen molar-refractivity contribution in [1.29, 1.82) is 0 Å². The summed E-state index contributed by atoms with van der Waals surface area (Å²) in [5, 5.41) is 10.4. The third kappa shape index (κ3) is 2.23. The van der Waals surface area contributed by atoms with Crippen LogP contribution in [0.5, 0.6) is 0 Å². The molecule has 0 amide bonds. The topological polar surface area (TPSA) is 20.2 Å². The van der Waals surface area contributed by atoms with Gasteiger partial charge in [0, 0.05) is 0 Å². The number of hydrogen-bond donors (Lipinski definition) is 1. The maximum absolute atomic E-state index is 13.4. The molecule has 0 saturated heterocycles. The molecule has 1 nitrogen and oxygen atoms in total. The largest absolute Gasteiger partial charge is 0.392 e. The smallest absolute Gasteiger partial charge is 0.137 e. The van der Waals surface area contributed by atoms with Crippen LogP contribution in [0.2, 0.25) is 0 Å². The van der Waals surface area contributed by atoms with E-state index >= 15 is 0 Å². The predicted octanol–water partition coefficient (Wildman–Crippen LogP) is 3.93. The van der Waals surface area contributed by atoms with Gasteiger partial charge < -0.3 is 5.11 Å². The minimum atomic E-state index is -0.321. The van der Waals surface area contributed by atoms with Gasteiger partial charge in [0.2, 0.25) is 0 Å². The van der Waals surface area contributed by atoms with Crippen molar-refractivity contribution in [2.45, 2.75) is 38.2 Å². The van der Waals surface area contributed by atoms with Crippen LogP contribution < -0.4 is 0 Å². The molecule has 3 heteroatoms. The number of fused-ring (bicyclic) bond motifs is 2. The van der Waals surface area contributed by atoms with Gasteiger partial charge in [-0.2, -0.15) is 0 Å². The van der Waals surface area contributed by atoms with Gasteiger partial charge in [0.1, 0.15) is 5.82 Å². The molecular formula is C15H18BrFO. The molecule has 0 aromatic heterocycles. The van der Waals surface area contributed by atoms with E-state index in [0.29, 0.717) is 22.7 Å². The molecule has 2 aliphatic carbocycles. The highest BCUT2D eigenvalue weighted by Crippen LogP contribution is 2.50. The van der Waals surface area contributed by atoms with Gasteiger partial charge in [0.25, 0.3) is 0 Å². The molecule has 98 valence electrons. The summed E-state index contributed by atoms with van der Waals surface area (Å²) in [6.45, 7) is 0. The molecule has 3 rings (SSSR count). The van der Waals surface area contributed by atoms with Gasteiger partial charge in [0.05, 0.1) is 10.6 Å². The number of aliphatic hydroxyl groups is 1. The van der Waals surface area contributed by atoms with Gasteiger partial charge in [0.15, 0.2) is 0 Å². The number of aliphatic hydroxyl groups excluding tert-OH is 1. The van der Waals surface area contributed by atoms with Crippen molar-refractivity contribution in [3.63, 3.8) is 0 Å². The Bertz CT molecular complexity index is 448. The predicted molar refractivity (Wildman–Crippen MR) is 72.7 cm³/mol. The molecule has 2 saturated carbocycles. The Labute approximate surface area is 116 Å². The van der Waals surface area contributed by atoms with Gasteiger partial charge in [-0.3, -0.25) is 0 Å². The molecule has 1 N–H and O–H groups in total. The molecule has 1 aromatic rings. The lowest BCUT2D eigenvalue weighted by Gasteiger charge is -2.27. The standard InChI is InChI=1S/C15H18BrFO/c16-15-11(2-1-3-13(15)17)8-14(18)12-7-9-4-5-10(12)6-9/h1-3,9-10,12,14,18H,4-8H2. The zero-order valence-corrected chi connectivity index (χ0v) is 11.9. The summed E-state index contributed by atoms with van der Waals surface area (Å²) < 4.78 is 13.9. The first-order chi connectivity index (χ1) is 8.65. The van der Waals surface area contributed by atoms with Crippen LogP contribution in [0.1, 0.15) is 31.2 Å². The van der Waals surface area contributed by atoms with E-state index in [1.54, 1.807) is 6.07 Å². The number of halogens is 2. The van der Waals surface area contributed by atoms with Crippen LogP contribution in [0, 0.1) is 23.6 Å². The normalized spacial score (nSPS) is 31.8. The SMILES string of the molecule is OC(Cc1cccc(F)c1Br)C1CC2CCC1C2. The van der Waals surface area contributed by atoms with Crippen molar-refractivity contribution < 1.29 is 9.50 Å². The summed E-state index contributed by atoms with van der Waals surface area (Å²) in [7, 11) is 0. The van der Waals surface area contributed by atoms with Gasteiger partial charge in [-0.25, -0.2) is 4.39 Å². The van der Waals surface area contributed by atoms with Gasteiger partial charge in [-0.05, 0) is 71.0 Å². The van der Waals surface area contributed by atoms with E-state index in [1.807, 2.05) is 6.07 Å². The number of benzene rings is 1. The third-order valence-corrected chi connectivity index (χ3v) is 5.64. The van der Waals surface area contributed by atoms with E-state index < -0.39 is 0 Å². The fourth-order valence-electron chi connectivity index (χ4n) is 3.85. The van der Waals surface area contributed by atoms with Crippen LogP contribution in [-0.2, 0) is 6.42 Å². The van der Waals surface area contributed by atoms with Gasteiger partial charge in [-0.15, -0.1) is 0 Å². The number of hydrogen-bond acceptors (Lipinski definition) is 1. The maximum Gasteiger partial charge on any atom is 0.137 e. The summed E-state index contributed by atoms with van der Waals surface area (Å²) in [6, 6.07) is 5.05. The second kappa shape index (κ2) is 4.93. The Balaban J connectivity index is 1.71. The lowest BCUT2D eigenvalue weighted by atomic mass is 9.82. The molecule has 0 spiro atoms. The Morgan fingerprint density at radius 2 is 2.17 bits per heavy atom. The van der Waals surface area contributed by atoms with Crippen molar-refractivity contribution >= 4 is 15.9 Å². The van der Waals surface area contributed by atoms with Crippen molar-refractivity contribution in [2.24, 2.45) is 17.8 Å². The molecule has 4 atom stereocenters. The lowest BCUT2D eigenvalue weighted by Crippen LogP contribution is -2.27. The maximum atomic E-state index is 13.4. The van der Waals surface area contributed by atoms with Crippen LogP contribution in [-0.4, -0.2) is 11.2 Å².